The zero-order chi connectivity index (χ0) is 18.4. The highest BCUT2D eigenvalue weighted by Crippen LogP contribution is 2.24. The van der Waals surface area contributed by atoms with Crippen molar-refractivity contribution < 1.29 is 9.84 Å². The van der Waals surface area contributed by atoms with E-state index in [-0.39, 0.29) is 6.04 Å². The van der Waals surface area contributed by atoms with E-state index in [0.717, 1.165) is 11.3 Å². The summed E-state index contributed by atoms with van der Waals surface area (Å²) in [4.78, 5) is 4.63. The first-order valence-electron chi connectivity index (χ1n) is 8.73. The number of hydrogen-bond acceptors (Lipinski definition) is 4. The molecule has 0 fully saturated rings. The summed E-state index contributed by atoms with van der Waals surface area (Å²) >= 11 is 0. The SMILES string of the molecule is COc1cc(CN[C@@H](C)c2ccccc2)nc([C@H](O)c2ccccc2)c1. The van der Waals surface area contributed by atoms with Gasteiger partial charge in [-0.3, -0.25) is 4.98 Å². The maximum absolute atomic E-state index is 10.7. The number of ether oxygens (including phenoxy) is 1. The molecule has 2 atom stereocenters. The van der Waals surface area contributed by atoms with Crippen LogP contribution < -0.4 is 10.1 Å². The minimum absolute atomic E-state index is 0.201. The number of aromatic nitrogens is 1. The van der Waals surface area contributed by atoms with Gasteiger partial charge in [0.25, 0.3) is 0 Å². The van der Waals surface area contributed by atoms with Crippen molar-refractivity contribution in [2.75, 3.05) is 7.11 Å². The van der Waals surface area contributed by atoms with Gasteiger partial charge in [-0.15, -0.1) is 0 Å². The molecule has 2 N–H and O–H groups in total. The van der Waals surface area contributed by atoms with E-state index >= 15 is 0 Å². The van der Waals surface area contributed by atoms with E-state index in [2.05, 4.69) is 29.4 Å². The van der Waals surface area contributed by atoms with Crippen LogP contribution >= 0.6 is 0 Å². The van der Waals surface area contributed by atoms with Crippen molar-refractivity contribution in [3.63, 3.8) is 0 Å². The van der Waals surface area contributed by atoms with Crippen molar-refractivity contribution in [2.24, 2.45) is 0 Å². The molecule has 0 radical (unpaired) electrons. The minimum atomic E-state index is -0.781. The van der Waals surface area contributed by atoms with Gasteiger partial charge in [0.2, 0.25) is 0 Å². The molecule has 0 aliphatic rings. The maximum Gasteiger partial charge on any atom is 0.122 e. The van der Waals surface area contributed by atoms with E-state index in [4.69, 9.17) is 4.74 Å². The summed E-state index contributed by atoms with van der Waals surface area (Å²) in [6.07, 6.45) is -0.781. The van der Waals surface area contributed by atoms with Crippen LogP contribution in [0.15, 0.2) is 72.8 Å². The molecular formula is C22H24N2O2. The van der Waals surface area contributed by atoms with Crippen LogP contribution in [0.25, 0.3) is 0 Å². The molecule has 0 aliphatic carbocycles. The van der Waals surface area contributed by atoms with Gasteiger partial charge in [0.05, 0.1) is 18.5 Å². The Kier molecular flexibility index (Phi) is 6.00. The van der Waals surface area contributed by atoms with Crippen LogP contribution in [0.5, 0.6) is 5.75 Å². The van der Waals surface area contributed by atoms with Gasteiger partial charge in [-0.2, -0.15) is 0 Å². The first kappa shape index (κ1) is 18.1. The number of nitrogens with zero attached hydrogens (tertiary/aromatic N) is 1. The molecule has 1 heterocycles. The summed E-state index contributed by atoms with van der Waals surface area (Å²) in [5.74, 6) is 0.689. The molecule has 0 saturated heterocycles. The highest BCUT2D eigenvalue weighted by atomic mass is 16.5. The third-order valence-corrected chi connectivity index (χ3v) is 4.39. The summed E-state index contributed by atoms with van der Waals surface area (Å²) in [6.45, 7) is 2.71. The molecule has 0 unspecified atom stereocenters. The van der Waals surface area contributed by atoms with Gasteiger partial charge in [-0.1, -0.05) is 60.7 Å². The second-order valence-corrected chi connectivity index (χ2v) is 6.25. The smallest absolute Gasteiger partial charge is 0.122 e. The fourth-order valence-corrected chi connectivity index (χ4v) is 2.85. The highest BCUT2D eigenvalue weighted by Gasteiger charge is 2.15. The lowest BCUT2D eigenvalue weighted by molar-refractivity contribution is 0.214. The van der Waals surface area contributed by atoms with Crippen molar-refractivity contribution in [1.29, 1.82) is 0 Å². The zero-order valence-electron chi connectivity index (χ0n) is 15.1. The number of aliphatic hydroxyl groups excluding tert-OH is 1. The van der Waals surface area contributed by atoms with E-state index in [0.29, 0.717) is 18.0 Å². The summed E-state index contributed by atoms with van der Waals surface area (Å²) in [5, 5.41) is 14.1. The van der Waals surface area contributed by atoms with Gasteiger partial charge in [-0.05, 0) is 18.1 Å². The van der Waals surface area contributed by atoms with Gasteiger partial charge >= 0.3 is 0 Å². The first-order chi connectivity index (χ1) is 12.7. The number of nitrogens with one attached hydrogen (secondary N) is 1. The Bertz CT molecular complexity index is 822. The summed E-state index contributed by atoms with van der Waals surface area (Å²) < 4.78 is 5.39. The van der Waals surface area contributed by atoms with Gasteiger partial charge in [0.15, 0.2) is 0 Å². The number of rotatable bonds is 7. The Morgan fingerprint density at radius 1 is 0.962 bits per heavy atom. The second kappa shape index (κ2) is 8.61. The van der Waals surface area contributed by atoms with Crippen LogP contribution in [0.2, 0.25) is 0 Å². The van der Waals surface area contributed by atoms with Crippen LogP contribution in [-0.2, 0) is 6.54 Å². The Hall–Kier alpha value is -2.69. The van der Waals surface area contributed by atoms with Crippen molar-refractivity contribution in [3.05, 3.63) is 95.3 Å². The van der Waals surface area contributed by atoms with Crippen molar-refractivity contribution in [1.82, 2.24) is 10.3 Å². The molecule has 26 heavy (non-hydrogen) atoms. The summed E-state index contributed by atoms with van der Waals surface area (Å²) in [5.41, 5.74) is 3.45. The van der Waals surface area contributed by atoms with Crippen LogP contribution in [0.1, 0.15) is 41.6 Å². The van der Waals surface area contributed by atoms with Gasteiger partial charge in [0, 0.05) is 24.7 Å². The maximum atomic E-state index is 10.7. The number of pyridine rings is 1. The van der Waals surface area contributed by atoms with Crippen molar-refractivity contribution in [3.8, 4) is 5.75 Å². The Labute approximate surface area is 154 Å². The lowest BCUT2D eigenvalue weighted by Gasteiger charge is -2.16. The van der Waals surface area contributed by atoms with Crippen LogP contribution in [0.4, 0.5) is 0 Å². The standard InChI is InChI=1S/C22H24N2O2/c1-16(17-9-5-3-6-10-17)23-15-19-13-20(26-2)14-21(24-19)22(25)18-11-7-4-8-12-18/h3-14,16,22-23,25H,15H2,1-2H3/t16-,22+/m0/s1. The minimum Gasteiger partial charge on any atom is -0.497 e. The summed E-state index contributed by atoms with van der Waals surface area (Å²) in [7, 11) is 1.62. The first-order valence-corrected chi connectivity index (χ1v) is 8.73. The van der Waals surface area contributed by atoms with E-state index in [1.54, 1.807) is 13.2 Å². The molecular weight excluding hydrogens is 324 g/mol. The molecule has 0 amide bonds. The van der Waals surface area contributed by atoms with Crippen LogP contribution in [-0.4, -0.2) is 17.2 Å². The average molecular weight is 348 g/mol. The lowest BCUT2D eigenvalue weighted by atomic mass is 10.1. The molecule has 0 bridgehead atoms. The molecule has 4 nitrogen and oxygen atoms in total. The van der Waals surface area contributed by atoms with Crippen molar-refractivity contribution in [2.45, 2.75) is 25.6 Å². The predicted octanol–water partition coefficient (Wildman–Crippen LogP) is 4.02. The molecule has 134 valence electrons. The van der Waals surface area contributed by atoms with E-state index < -0.39 is 6.10 Å². The van der Waals surface area contributed by atoms with Crippen molar-refractivity contribution >= 4 is 0 Å². The van der Waals surface area contributed by atoms with Crippen LogP contribution in [0.3, 0.4) is 0 Å². The topological polar surface area (TPSA) is 54.4 Å². The number of benzene rings is 2. The largest absolute Gasteiger partial charge is 0.497 e. The molecule has 0 saturated carbocycles. The highest BCUT2D eigenvalue weighted by molar-refractivity contribution is 5.33. The molecule has 0 aliphatic heterocycles. The molecule has 3 rings (SSSR count). The monoisotopic (exact) mass is 348 g/mol. The van der Waals surface area contributed by atoms with E-state index in [1.807, 2.05) is 54.6 Å². The molecule has 2 aromatic carbocycles. The Balaban J connectivity index is 1.77. The van der Waals surface area contributed by atoms with Gasteiger partial charge < -0.3 is 15.2 Å². The molecule has 1 aromatic heterocycles. The number of methoxy groups -OCH3 is 1. The average Bonchev–Trinajstić information content (AvgIpc) is 2.72. The van der Waals surface area contributed by atoms with E-state index in [1.165, 1.54) is 5.56 Å². The quantitative estimate of drug-likeness (QED) is 0.677. The van der Waals surface area contributed by atoms with Gasteiger partial charge in [-0.25, -0.2) is 0 Å². The second-order valence-electron chi connectivity index (χ2n) is 6.25. The zero-order valence-corrected chi connectivity index (χ0v) is 15.1. The fraction of sp³-hybridized carbons (Fsp3) is 0.227. The number of hydrogen-bond donors (Lipinski definition) is 2. The Morgan fingerprint density at radius 3 is 2.19 bits per heavy atom. The predicted molar refractivity (Wildman–Crippen MR) is 103 cm³/mol. The van der Waals surface area contributed by atoms with E-state index in [9.17, 15) is 5.11 Å². The third kappa shape index (κ3) is 4.48. The lowest BCUT2D eigenvalue weighted by Crippen LogP contribution is -2.19. The van der Waals surface area contributed by atoms with Gasteiger partial charge in [0.1, 0.15) is 11.9 Å². The number of aliphatic hydroxyl groups is 1. The molecule has 0 spiro atoms. The van der Waals surface area contributed by atoms with Crippen LogP contribution in [0, 0.1) is 0 Å². The molecule has 4 heteroatoms. The third-order valence-electron chi connectivity index (χ3n) is 4.39. The molecule has 3 aromatic rings. The fourth-order valence-electron chi connectivity index (χ4n) is 2.85. The summed E-state index contributed by atoms with van der Waals surface area (Å²) in [6, 6.07) is 23.7. The Morgan fingerprint density at radius 2 is 1.58 bits per heavy atom. The normalized spacial score (nSPS) is 13.2.